The molecule has 1 aliphatic heterocycles. The third-order valence-corrected chi connectivity index (χ3v) is 4.99. The summed E-state index contributed by atoms with van der Waals surface area (Å²) in [5, 5.41) is 0.826. The maximum absolute atomic E-state index is 12.3. The molecule has 2 aromatic carbocycles. The lowest BCUT2D eigenvalue weighted by Gasteiger charge is -2.31. The zero-order chi connectivity index (χ0) is 18.6. The van der Waals surface area contributed by atoms with Gasteiger partial charge in [-0.25, -0.2) is 4.79 Å². The third kappa shape index (κ3) is 4.14. The molecule has 1 fully saturated rings. The van der Waals surface area contributed by atoms with Crippen LogP contribution in [0.4, 0.5) is 0 Å². The molecule has 1 aliphatic rings. The molecule has 0 radical (unpaired) electrons. The van der Waals surface area contributed by atoms with Crippen LogP contribution in [0.2, 0.25) is 0 Å². The summed E-state index contributed by atoms with van der Waals surface area (Å²) in [5.41, 5.74) is 1.38. The molecule has 0 atom stereocenters. The molecule has 0 amide bonds. The Hall–Kier alpha value is -2.79. The minimum absolute atomic E-state index is 0.0376. The molecule has 27 heavy (non-hydrogen) atoms. The van der Waals surface area contributed by atoms with Crippen molar-refractivity contribution in [1.82, 2.24) is 4.90 Å². The van der Waals surface area contributed by atoms with Gasteiger partial charge in [-0.1, -0.05) is 30.3 Å². The van der Waals surface area contributed by atoms with E-state index in [2.05, 4.69) is 29.2 Å². The second kappa shape index (κ2) is 7.84. The third-order valence-electron chi connectivity index (χ3n) is 4.99. The smallest absolute Gasteiger partial charge is 0.379 e. The molecule has 3 aromatic rings. The average molecular weight is 365 g/mol. The number of nitrogens with zero attached hydrogens (tertiary/aromatic N) is 1. The fourth-order valence-electron chi connectivity index (χ4n) is 3.49. The normalized spacial score (nSPS) is 15.7. The molecule has 1 saturated heterocycles. The molecule has 5 nitrogen and oxygen atoms in total. The molecule has 0 aliphatic carbocycles. The first-order valence-corrected chi connectivity index (χ1v) is 9.26. The number of rotatable bonds is 5. The van der Waals surface area contributed by atoms with Crippen LogP contribution in [-0.2, 0) is 6.54 Å². The fourth-order valence-corrected chi connectivity index (χ4v) is 3.49. The Balaban J connectivity index is 1.40. The van der Waals surface area contributed by atoms with E-state index in [1.807, 2.05) is 18.2 Å². The maximum Gasteiger partial charge on any atom is 0.379 e. The summed E-state index contributed by atoms with van der Waals surface area (Å²) < 4.78 is 16.6. The number of benzene rings is 2. The average Bonchev–Trinajstić information content (AvgIpc) is 2.70. The number of ether oxygens (including phenoxy) is 2. The lowest BCUT2D eigenvalue weighted by Crippen LogP contribution is -2.38. The molecule has 0 bridgehead atoms. The van der Waals surface area contributed by atoms with Crippen molar-refractivity contribution in [3.63, 3.8) is 0 Å². The predicted octanol–water partition coefficient (Wildman–Crippen LogP) is 3.85. The van der Waals surface area contributed by atoms with E-state index in [1.165, 1.54) is 5.56 Å². The molecule has 4 rings (SSSR count). The van der Waals surface area contributed by atoms with Crippen molar-refractivity contribution < 1.29 is 13.9 Å². The lowest BCUT2D eigenvalue weighted by molar-refractivity contribution is 0.0940. The van der Waals surface area contributed by atoms with E-state index in [4.69, 9.17) is 13.9 Å². The summed E-state index contributed by atoms with van der Waals surface area (Å²) >= 11 is 0. The Morgan fingerprint density at radius 1 is 1.07 bits per heavy atom. The van der Waals surface area contributed by atoms with Crippen molar-refractivity contribution in [1.29, 1.82) is 0 Å². The number of hydrogen-bond donors (Lipinski definition) is 0. The molecule has 0 N–H and O–H groups in total. The van der Waals surface area contributed by atoms with Gasteiger partial charge >= 0.3 is 5.63 Å². The van der Waals surface area contributed by atoms with E-state index < -0.39 is 5.63 Å². The minimum atomic E-state index is -0.442. The first-order valence-electron chi connectivity index (χ1n) is 9.26. The van der Waals surface area contributed by atoms with Crippen LogP contribution >= 0.6 is 0 Å². The highest BCUT2D eigenvalue weighted by Crippen LogP contribution is 2.24. The molecule has 140 valence electrons. The number of hydrogen-bond acceptors (Lipinski definition) is 5. The monoisotopic (exact) mass is 365 g/mol. The first kappa shape index (κ1) is 17.6. The van der Waals surface area contributed by atoms with Crippen LogP contribution in [0, 0.1) is 0 Å². The number of likely N-dealkylation sites (tertiary alicyclic amines) is 1. The van der Waals surface area contributed by atoms with E-state index in [0.717, 1.165) is 37.9 Å². The van der Waals surface area contributed by atoms with Crippen molar-refractivity contribution in [2.45, 2.75) is 25.5 Å². The summed E-state index contributed by atoms with van der Waals surface area (Å²) in [6.07, 6.45) is 1.83. The minimum Gasteiger partial charge on any atom is -0.497 e. The Morgan fingerprint density at radius 2 is 1.85 bits per heavy atom. The predicted molar refractivity (Wildman–Crippen MR) is 104 cm³/mol. The van der Waals surface area contributed by atoms with Crippen LogP contribution in [0.1, 0.15) is 18.4 Å². The van der Waals surface area contributed by atoms with Crippen molar-refractivity contribution in [2.75, 3.05) is 20.2 Å². The van der Waals surface area contributed by atoms with Gasteiger partial charge in [0.2, 0.25) is 5.75 Å². The van der Waals surface area contributed by atoms with Crippen molar-refractivity contribution in [2.24, 2.45) is 0 Å². The highest BCUT2D eigenvalue weighted by molar-refractivity contribution is 5.79. The van der Waals surface area contributed by atoms with Crippen LogP contribution in [0.15, 0.2) is 63.8 Å². The summed E-state index contributed by atoms with van der Waals surface area (Å²) in [4.78, 5) is 14.7. The molecule has 5 heteroatoms. The maximum atomic E-state index is 12.3. The zero-order valence-electron chi connectivity index (χ0n) is 15.4. The van der Waals surface area contributed by atoms with Gasteiger partial charge in [0.25, 0.3) is 0 Å². The van der Waals surface area contributed by atoms with E-state index in [1.54, 1.807) is 19.2 Å². The van der Waals surface area contributed by atoms with Gasteiger partial charge in [0.1, 0.15) is 17.4 Å². The quantitative estimate of drug-likeness (QED) is 0.643. The highest BCUT2D eigenvalue weighted by Gasteiger charge is 2.22. The largest absolute Gasteiger partial charge is 0.497 e. The Morgan fingerprint density at radius 3 is 2.59 bits per heavy atom. The van der Waals surface area contributed by atoms with E-state index >= 15 is 0 Å². The van der Waals surface area contributed by atoms with Gasteiger partial charge in [0, 0.05) is 31.1 Å². The Labute approximate surface area is 158 Å². The SMILES string of the molecule is COc1ccc2cc(OC3CCN(Cc4ccccc4)CC3)c(=O)oc2c1. The van der Waals surface area contributed by atoms with Crippen molar-refractivity contribution in [3.05, 3.63) is 70.6 Å². The molecule has 2 heterocycles. The zero-order valence-corrected chi connectivity index (χ0v) is 15.4. The van der Waals surface area contributed by atoms with Gasteiger partial charge in [-0.2, -0.15) is 0 Å². The van der Waals surface area contributed by atoms with Gasteiger partial charge in [-0.05, 0) is 36.6 Å². The summed E-state index contributed by atoms with van der Waals surface area (Å²) in [7, 11) is 1.58. The van der Waals surface area contributed by atoms with Crippen molar-refractivity contribution in [3.8, 4) is 11.5 Å². The van der Waals surface area contributed by atoms with Crippen molar-refractivity contribution >= 4 is 11.0 Å². The number of fused-ring (bicyclic) bond motifs is 1. The van der Waals surface area contributed by atoms with Crippen LogP contribution in [0.5, 0.6) is 11.5 Å². The topological polar surface area (TPSA) is 51.9 Å². The molecule has 0 unspecified atom stereocenters. The summed E-state index contributed by atoms with van der Waals surface area (Å²) in [6, 6.07) is 17.7. The lowest BCUT2D eigenvalue weighted by atomic mass is 10.1. The Bertz CT molecular complexity index is 959. The first-order chi connectivity index (χ1) is 13.2. The van der Waals surface area contributed by atoms with Crippen LogP contribution < -0.4 is 15.1 Å². The van der Waals surface area contributed by atoms with Crippen LogP contribution in [0.25, 0.3) is 11.0 Å². The Kier molecular flexibility index (Phi) is 5.12. The van der Waals surface area contributed by atoms with Crippen LogP contribution in [0.3, 0.4) is 0 Å². The fraction of sp³-hybridized carbons (Fsp3) is 0.318. The van der Waals surface area contributed by atoms with Crippen LogP contribution in [-0.4, -0.2) is 31.2 Å². The summed E-state index contributed by atoms with van der Waals surface area (Å²) in [5.74, 6) is 0.944. The molecular weight excluding hydrogens is 342 g/mol. The second-order valence-electron chi connectivity index (χ2n) is 6.88. The highest BCUT2D eigenvalue weighted by atomic mass is 16.5. The van der Waals surface area contributed by atoms with Gasteiger partial charge in [0.05, 0.1) is 7.11 Å². The van der Waals surface area contributed by atoms with Gasteiger partial charge < -0.3 is 13.9 Å². The summed E-state index contributed by atoms with van der Waals surface area (Å²) in [6.45, 7) is 2.86. The van der Waals surface area contributed by atoms with Gasteiger partial charge in [-0.15, -0.1) is 0 Å². The van der Waals surface area contributed by atoms with Gasteiger partial charge in [-0.3, -0.25) is 4.90 Å². The standard InChI is InChI=1S/C22H23NO4/c1-25-19-8-7-17-13-21(22(24)27-20(17)14-19)26-18-9-11-23(12-10-18)15-16-5-3-2-4-6-16/h2-8,13-14,18H,9-12,15H2,1H3. The van der Waals surface area contributed by atoms with E-state index in [-0.39, 0.29) is 11.9 Å². The van der Waals surface area contributed by atoms with E-state index in [9.17, 15) is 4.79 Å². The molecular formula is C22H23NO4. The van der Waals surface area contributed by atoms with Gasteiger partial charge in [0.15, 0.2) is 0 Å². The second-order valence-corrected chi connectivity index (χ2v) is 6.88. The molecule has 0 saturated carbocycles. The number of piperidine rings is 1. The molecule has 0 spiro atoms. The molecule has 1 aromatic heterocycles. The number of methoxy groups -OCH3 is 1. The van der Waals surface area contributed by atoms with E-state index in [0.29, 0.717) is 11.3 Å².